The Morgan fingerprint density at radius 1 is 1.12 bits per heavy atom. The molecule has 0 aromatic heterocycles. The van der Waals surface area contributed by atoms with Crippen molar-refractivity contribution in [2.75, 3.05) is 5.32 Å². The average molecular weight is 342 g/mol. The first kappa shape index (κ1) is 17.9. The zero-order valence-corrected chi connectivity index (χ0v) is 15.1. The molecule has 0 atom stereocenters. The molecule has 0 saturated carbocycles. The van der Waals surface area contributed by atoms with Crippen molar-refractivity contribution in [3.8, 4) is 5.75 Å². The molecule has 0 fully saturated rings. The molecule has 0 bridgehead atoms. The largest absolute Gasteiger partial charge is 0.506 e. The third-order valence-corrected chi connectivity index (χ3v) is 3.93. The Kier molecular flexibility index (Phi) is 5.24. The minimum absolute atomic E-state index is 0.0594. The SMILES string of the molecule is Cc1ccccc1C(=O)NC(=S)Nc1cc(C(C)(C)C)ccc1O. The molecule has 3 N–H and O–H groups in total. The molecule has 0 aliphatic rings. The highest BCUT2D eigenvalue weighted by molar-refractivity contribution is 7.80. The van der Waals surface area contributed by atoms with Crippen molar-refractivity contribution in [3.63, 3.8) is 0 Å². The van der Waals surface area contributed by atoms with Gasteiger partial charge in [0.1, 0.15) is 5.75 Å². The van der Waals surface area contributed by atoms with Crippen LogP contribution in [0.3, 0.4) is 0 Å². The second kappa shape index (κ2) is 7.01. The molecule has 0 radical (unpaired) electrons. The quantitative estimate of drug-likeness (QED) is 0.567. The molecule has 126 valence electrons. The molecule has 2 aromatic rings. The van der Waals surface area contributed by atoms with Gasteiger partial charge in [-0.3, -0.25) is 10.1 Å². The van der Waals surface area contributed by atoms with Crippen LogP contribution in [-0.4, -0.2) is 16.1 Å². The van der Waals surface area contributed by atoms with Crippen molar-refractivity contribution in [1.29, 1.82) is 0 Å². The van der Waals surface area contributed by atoms with Crippen molar-refractivity contribution < 1.29 is 9.90 Å². The van der Waals surface area contributed by atoms with Crippen LogP contribution in [0.1, 0.15) is 42.3 Å². The van der Waals surface area contributed by atoms with E-state index >= 15 is 0 Å². The van der Waals surface area contributed by atoms with Crippen LogP contribution in [0.15, 0.2) is 42.5 Å². The lowest BCUT2D eigenvalue weighted by atomic mass is 9.87. The number of carbonyl (C=O) groups is 1. The van der Waals surface area contributed by atoms with Crippen molar-refractivity contribution >= 4 is 28.9 Å². The van der Waals surface area contributed by atoms with E-state index in [1.54, 1.807) is 18.2 Å². The Bertz CT molecular complexity index is 779. The molecule has 0 spiro atoms. The Morgan fingerprint density at radius 2 is 1.79 bits per heavy atom. The monoisotopic (exact) mass is 342 g/mol. The Balaban J connectivity index is 2.13. The lowest BCUT2D eigenvalue weighted by molar-refractivity contribution is 0.0977. The van der Waals surface area contributed by atoms with Crippen molar-refractivity contribution in [2.24, 2.45) is 0 Å². The number of amides is 1. The molecule has 5 heteroatoms. The fraction of sp³-hybridized carbons (Fsp3) is 0.263. The van der Waals surface area contributed by atoms with Crippen LogP contribution in [0, 0.1) is 6.92 Å². The number of thiocarbonyl (C=S) groups is 1. The van der Waals surface area contributed by atoms with Gasteiger partial charge in [-0.15, -0.1) is 0 Å². The molecule has 24 heavy (non-hydrogen) atoms. The maximum absolute atomic E-state index is 12.3. The van der Waals surface area contributed by atoms with E-state index in [1.807, 2.05) is 31.2 Å². The van der Waals surface area contributed by atoms with Crippen molar-refractivity contribution in [2.45, 2.75) is 33.1 Å². The number of phenolic OH excluding ortho intramolecular Hbond substituents is 1. The van der Waals surface area contributed by atoms with Gasteiger partial charge in [-0.05, 0) is 53.9 Å². The third kappa shape index (κ3) is 4.32. The Labute approximate surface area is 147 Å². The van der Waals surface area contributed by atoms with Gasteiger partial charge < -0.3 is 10.4 Å². The summed E-state index contributed by atoms with van der Waals surface area (Å²) >= 11 is 5.20. The van der Waals surface area contributed by atoms with Gasteiger partial charge >= 0.3 is 0 Å². The highest BCUT2D eigenvalue weighted by Gasteiger charge is 2.16. The fourth-order valence-electron chi connectivity index (χ4n) is 2.25. The normalized spacial score (nSPS) is 11.0. The fourth-order valence-corrected chi connectivity index (χ4v) is 2.46. The van der Waals surface area contributed by atoms with E-state index < -0.39 is 0 Å². The summed E-state index contributed by atoms with van der Waals surface area (Å²) in [6.07, 6.45) is 0. The number of phenols is 1. The van der Waals surface area contributed by atoms with Gasteiger partial charge in [0.05, 0.1) is 5.69 Å². The van der Waals surface area contributed by atoms with Gasteiger partial charge in [0.2, 0.25) is 0 Å². The van der Waals surface area contributed by atoms with Gasteiger partial charge in [-0.2, -0.15) is 0 Å². The summed E-state index contributed by atoms with van der Waals surface area (Å²) < 4.78 is 0. The van der Waals surface area contributed by atoms with Crippen LogP contribution in [0.4, 0.5) is 5.69 Å². The van der Waals surface area contributed by atoms with Gasteiger partial charge in [0.25, 0.3) is 5.91 Å². The van der Waals surface area contributed by atoms with Crippen LogP contribution in [0.25, 0.3) is 0 Å². The molecule has 1 amide bonds. The molecule has 0 aliphatic carbocycles. The molecule has 0 aliphatic heterocycles. The number of hydrogen-bond acceptors (Lipinski definition) is 3. The highest BCUT2D eigenvalue weighted by atomic mass is 32.1. The van der Waals surface area contributed by atoms with E-state index in [4.69, 9.17) is 12.2 Å². The zero-order chi connectivity index (χ0) is 17.9. The van der Waals surface area contributed by atoms with Crippen LogP contribution in [-0.2, 0) is 5.41 Å². The zero-order valence-electron chi connectivity index (χ0n) is 14.3. The maximum Gasteiger partial charge on any atom is 0.257 e. The number of hydrogen-bond donors (Lipinski definition) is 3. The summed E-state index contributed by atoms with van der Waals surface area (Å²) in [6, 6.07) is 12.6. The van der Waals surface area contributed by atoms with Crippen LogP contribution < -0.4 is 10.6 Å². The number of rotatable bonds is 2. The van der Waals surface area contributed by atoms with Crippen LogP contribution >= 0.6 is 12.2 Å². The molecular formula is C19H22N2O2S. The van der Waals surface area contributed by atoms with Gasteiger partial charge in [0, 0.05) is 5.56 Å². The first-order valence-electron chi connectivity index (χ1n) is 7.70. The van der Waals surface area contributed by atoms with Crippen LogP contribution in [0.2, 0.25) is 0 Å². The van der Waals surface area contributed by atoms with Crippen molar-refractivity contribution in [3.05, 3.63) is 59.2 Å². The third-order valence-electron chi connectivity index (χ3n) is 3.73. The summed E-state index contributed by atoms with van der Waals surface area (Å²) in [4.78, 5) is 12.3. The van der Waals surface area contributed by atoms with E-state index in [9.17, 15) is 9.90 Å². The number of carbonyl (C=O) groups excluding carboxylic acids is 1. The second-order valence-corrected chi connectivity index (χ2v) is 7.11. The standard InChI is InChI=1S/C19H22N2O2S/c1-12-7-5-6-8-14(12)17(23)21-18(24)20-15-11-13(19(2,3)4)9-10-16(15)22/h5-11,22H,1-4H3,(H2,20,21,23,24). The van der Waals surface area contributed by atoms with Gasteiger partial charge in [0.15, 0.2) is 5.11 Å². The minimum Gasteiger partial charge on any atom is -0.506 e. The number of aryl methyl sites for hydroxylation is 1. The predicted octanol–water partition coefficient (Wildman–Crippen LogP) is 4.12. The van der Waals surface area contributed by atoms with E-state index in [0.29, 0.717) is 11.3 Å². The smallest absolute Gasteiger partial charge is 0.257 e. The van der Waals surface area contributed by atoms with E-state index in [0.717, 1.165) is 11.1 Å². The lowest BCUT2D eigenvalue weighted by Gasteiger charge is -2.21. The second-order valence-electron chi connectivity index (χ2n) is 6.71. The van der Waals surface area contributed by atoms with E-state index in [2.05, 4.69) is 31.4 Å². The molecular weight excluding hydrogens is 320 g/mol. The maximum atomic E-state index is 12.3. The first-order valence-corrected chi connectivity index (χ1v) is 8.11. The first-order chi connectivity index (χ1) is 11.2. The molecule has 0 saturated heterocycles. The molecule has 2 rings (SSSR count). The summed E-state index contributed by atoms with van der Waals surface area (Å²) in [5.74, 6) is -0.201. The molecule has 2 aromatic carbocycles. The number of nitrogens with one attached hydrogen (secondary N) is 2. The molecule has 4 nitrogen and oxygen atoms in total. The van der Waals surface area contributed by atoms with Gasteiger partial charge in [-0.1, -0.05) is 45.0 Å². The Hall–Kier alpha value is -2.40. The highest BCUT2D eigenvalue weighted by Crippen LogP contribution is 2.30. The minimum atomic E-state index is -0.280. The summed E-state index contributed by atoms with van der Waals surface area (Å²) in [5, 5.41) is 15.7. The molecule has 0 heterocycles. The number of aromatic hydroxyl groups is 1. The Morgan fingerprint density at radius 3 is 2.42 bits per heavy atom. The summed E-state index contributed by atoms with van der Waals surface area (Å²) in [6.45, 7) is 8.12. The average Bonchev–Trinajstić information content (AvgIpc) is 2.48. The van der Waals surface area contributed by atoms with Crippen molar-refractivity contribution in [1.82, 2.24) is 5.32 Å². The lowest BCUT2D eigenvalue weighted by Crippen LogP contribution is -2.34. The van der Waals surface area contributed by atoms with E-state index in [1.165, 1.54) is 0 Å². The summed E-state index contributed by atoms with van der Waals surface area (Å²) in [7, 11) is 0. The molecule has 0 unspecified atom stereocenters. The number of anilines is 1. The van der Waals surface area contributed by atoms with E-state index in [-0.39, 0.29) is 22.2 Å². The topological polar surface area (TPSA) is 61.4 Å². The van der Waals surface area contributed by atoms with Crippen LogP contribution in [0.5, 0.6) is 5.75 Å². The number of benzene rings is 2. The predicted molar refractivity (Wildman–Crippen MR) is 102 cm³/mol. The summed E-state index contributed by atoms with van der Waals surface area (Å²) in [5.41, 5.74) is 2.90. The van der Waals surface area contributed by atoms with Gasteiger partial charge in [-0.25, -0.2) is 0 Å².